The number of rotatable bonds is 5. The first-order valence-corrected chi connectivity index (χ1v) is 13.5. The van der Waals surface area contributed by atoms with Crippen molar-refractivity contribution >= 4 is 38.7 Å². The van der Waals surface area contributed by atoms with Crippen LogP contribution in [0, 0.1) is 11.7 Å². The Labute approximate surface area is 212 Å². The standard InChI is InChI=1S/C23H26ClF2N7O2S/c1-14-18(22(34)30-16-5-8-28-17(11-16)36(3,27)35)21(33-9-4-6-23(25,26)7-10-33)31-20(19(14)24)15-12-29-32(2)13-15/h5,8,11-13,27H,4,6-7,9-10H2,1-3H3,(H,28,30,34). The van der Waals surface area contributed by atoms with Gasteiger partial charge in [-0.15, -0.1) is 0 Å². The molecule has 0 radical (unpaired) electrons. The minimum absolute atomic E-state index is 0.0178. The summed E-state index contributed by atoms with van der Waals surface area (Å²) >= 11 is 6.67. The van der Waals surface area contributed by atoms with E-state index in [1.165, 1.54) is 24.6 Å². The summed E-state index contributed by atoms with van der Waals surface area (Å²) < 4.78 is 49.7. The van der Waals surface area contributed by atoms with Crippen molar-refractivity contribution in [3.63, 3.8) is 0 Å². The molecule has 1 amide bonds. The number of aryl methyl sites for hydroxylation is 1. The number of anilines is 2. The number of carbonyl (C=O) groups is 1. The zero-order valence-electron chi connectivity index (χ0n) is 20.0. The molecule has 1 atom stereocenters. The first-order chi connectivity index (χ1) is 16.9. The Morgan fingerprint density at radius 1 is 1.31 bits per heavy atom. The third kappa shape index (κ3) is 5.49. The van der Waals surface area contributed by atoms with Crippen LogP contribution in [0.1, 0.15) is 35.2 Å². The summed E-state index contributed by atoms with van der Waals surface area (Å²) in [5.74, 6) is -3.10. The summed E-state index contributed by atoms with van der Waals surface area (Å²) in [4.78, 5) is 23.9. The van der Waals surface area contributed by atoms with E-state index in [1.54, 1.807) is 35.9 Å². The fourth-order valence-electron chi connectivity index (χ4n) is 4.07. The molecule has 4 heterocycles. The molecule has 1 saturated heterocycles. The van der Waals surface area contributed by atoms with Gasteiger partial charge in [0.15, 0.2) is 0 Å². The molecule has 1 aliphatic heterocycles. The Morgan fingerprint density at radius 3 is 2.72 bits per heavy atom. The minimum atomic E-state index is -3.10. The van der Waals surface area contributed by atoms with Gasteiger partial charge in [-0.25, -0.2) is 27.7 Å². The van der Waals surface area contributed by atoms with E-state index in [4.69, 9.17) is 21.4 Å². The quantitative estimate of drug-likeness (QED) is 0.485. The molecule has 0 aliphatic carbocycles. The van der Waals surface area contributed by atoms with E-state index in [1.807, 2.05) is 0 Å². The van der Waals surface area contributed by atoms with Gasteiger partial charge in [-0.3, -0.25) is 9.48 Å². The van der Waals surface area contributed by atoms with E-state index in [0.29, 0.717) is 23.4 Å². The van der Waals surface area contributed by atoms with Crippen LogP contribution in [0.3, 0.4) is 0 Å². The van der Waals surface area contributed by atoms with Gasteiger partial charge in [0.25, 0.3) is 5.91 Å². The first kappa shape index (κ1) is 26.0. The van der Waals surface area contributed by atoms with Gasteiger partial charge < -0.3 is 10.2 Å². The summed E-state index contributed by atoms with van der Waals surface area (Å²) in [7, 11) is -1.35. The fourth-order valence-corrected chi connectivity index (χ4v) is 4.93. The number of carbonyl (C=O) groups excluding carboxylic acids is 1. The van der Waals surface area contributed by atoms with Crippen molar-refractivity contribution in [2.75, 3.05) is 29.6 Å². The number of amides is 1. The number of pyridine rings is 2. The van der Waals surface area contributed by atoms with Crippen molar-refractivity contribution in [1.82, 2.24) is 19.7 Å². The molecule has 36 heavy (non-hydrogen) atoms. The van der Waals surface area contributed by atoms with Crippen LogP contribution in [0.2, 0.25) is 5.02 Å². The Bertz CT molecular complexity index is 1430. The molecule has 13 heteroatoms. The van der Waals surface area contributed by atoms with Crippen LogP contribution in [0.5, 0.6) is 0 Å². The highest BCUT2D eigenvalue weighted by atomic mass is 35.5. The average molecular weight is 538 g/mol. The fraction of sp³-hybridized carbons (Fsp3) is 0.391. The minimum Gasteiger partial charge on any atom is -0.356 e. The number of hydrogen-bond acceptors (Lipinski definition) is 7. The number of alkyl halides is 2. The summed E-state index contributed by atoms with van der Waals surface area (Å²) in [5, 5.41) is 7.17. The number of aromatic nitrogens is 4. The van der Waals surface area contributed by atoms with E-state index in [2.05, 4.69) is 15.4 Å². The van der Waals surface area contributed by atoms with Crippen LogP contribution >= 0.6 is 11.6 Å². The SMILES string of the molecule is Cc1c(Cl)c(-c2cnn(C)c2)nc(N2CCCC(F)(F)CC2)c1C(=O)Nc1ccnc(S(C)(=N)=O)c1. The predicted octanol–water partition coefficient (Wildman–Crippen LogP) is 4.75. The van der Waals surface area contributed by atoms with Crippen molar-refractivity contribution in [1.29, 1.82) is 4.78 Å². The summed E-state index contributed by atoms with van der Waals surface area (Å²) in [5.41, 5.74) is 1.90. The molecule has 0 saturated carbocycles. The smallest absolute Gasteiger partial charge is 0.259 e. The van der Waals surface area contributed by atoms with Crippen LogP contribution in [0.4, 0.5) is 20.3 Å². The van der Waals surface area contributed by atoms with Crippen molar-refractivity contribution in [2.45, 2.75) is 37.1 Å². The molecular weight excluding hydrogens is 512 g/mol. The zero-order chi connectivity index (χ0) is 26.3. The van der Waals surface area contributed by atoms with Crippen LogP contribution in [0.25, 0.3) is 11.3 Å². The summed E-state index contributed by atoms with van der Waals surface area (Å²) in [6.07, 6.45) is 5.55. The molecule has 0 bridgehead atoms. The highest BCUT2D eigenvalue weighted by molar-refractivity contribution is 7.91. The third-order valence-corrected chi connectivity index (χ3v) is 7.45. The molecule has 192 valence electrons. The lowest BCUT2D eigenvalue weighted by atomic mass is 10.0. The molecule has 0 aromatic carbocycles. The van der Waals surface area contributed by atoms with Crippen LogP contribution in [-0.2, 0) is 16.8 Å². The number of nitrogens with zero attached hydrogens (tertiary/aromatic N) is 5. The maximum atomic E-state index is 14.1. The molecule has 3 aromatic heterocycles. The van der Waals surface area contributed by atoms with E-state index in [9.17, 15) is 17.8 Å². The molecule has 9 nitrogen and oxygen atoms in total. The van der Waals surface area contributed by atoms with Gasteiger partial charge in [0.05, 0.1) is 32.2 Å². The second-order valence-corrected chi connectivity index (χ2v) is 11.4. The first-order valence-electron chi connectivity index (χ1n) is 11.2. The van der Waals surface area contributed by atoms with Crippen molar-refractivity contribution < 1.29 is 17.8 Å². The zero-order valence-corrected chi connectivity index (χ0v) is 21.6. The highest BCUT2D eigenvalue weighted by Crippen LogP contribution is 2.37. The van der Waals surface area contributed by atoms with E-state index in [0.717, 1.165) is 0 Å². The molecule has 1 unspecified atom stereocenters. The largest absolute Gasteiger partial charge is 0.356 e. The van der Waals surface area contributed by atoms with Crippen LogP contribution in [0.15, 0.2) is 35.7 Å². The average Bonchev–Trinajstić information content (AvgIpc) is 3.14. The molecule has 4 rings (SSSR count). The van der Waals surface area contributed by atoms with Crippen LogP contribution in [-0.4, -0.2) is 55.1 Å². The molecule has 3 aromatic rings. The van der Waals surface area contributed by atoms with Crippen molar-refractivity contribution in [3.05, 3.63) is 46.9 Å². The monoisotopic (exact) mass is 537 g/mol. The van der Waals surface area contributed by atoms with Crippen molar-refractivity contribution in [2.24, 2.45) is 7.05 Å². The van der Waals surface area contributed by atoms with Crippen LogP contribution < -0.4 is 10.2 Å². The molecule has 1 fully saturated rings. The Hall–Kier alpha value is -3.12. The Morgan fingerprint density at radius 2 is 2.06 bits per heavy atom. The maximum Gasteiger partial charge on any atom is 0.259 e. The van der Waals surface area contributed by atoms with Gasteiger partial charge >= 0.3 is 0 Å². The number of halogens is 3. The lowest BCUT2D eigenvalue weighted by Crippen LogP contribution is -2.30. The third-order valence-electron chi connectivity index (χ3n) is 5.97. The molecule has 2 N–H and O–H groups in total. The normalized spacial score (nSPS) is 17.3. The van der Waals surface area contributed by atoms with Gasteiger partial charge in [0.1, 0.15) is 10.8 Å². The second-order valence-electron chi connectivity index (χ2n) is 8.88. The van der Waals surface area contributed by atoms with Gasteiger partial charge in [0.2, 0.25) is 5.92 Å². The van der Waals surface area contributed by atoms with E-state index >= 15 is 0 Å². The number of hydrogen-bond donors (Lipinski definition) is 2. The van der Waals surface area contributed by atoms with Gasteiger partial charge in [-0.05, 0) is 31.0 Å². The summed E-state index contributed by atoms with van der Waals surface area (Å²) in [6.45, 7) is 1.99. The lowest BCUT2D eigenvalue weighted by Gasteiger charge is -2.26. The second kappa shape index (κ2) is 9.74. The maximum absolute atomic E-state index is 14.1. The summed E-state index contributed by atoms with van der Waals surface area (Å²) in [6, 6.07) is 2.88. The van der Waals surface area contributed by atoms with E-state index < -0.39 is 21.6 Å². The topological polar surface area (TPSA) is 117 Å². The number of nitrogens with one attached hydrogen (secondary N) is 2. The predicted molar refractivity (Wildman–Crippen MR) is 134 cm³/mol. The van der Waals surface area contributed by atoms with Gasteiger partial charge in [-0.2, -0.15) is 5.10 Å². The molecule has 0 spiro atoms. The highest BCUT2D eigenvalue weighted by Gasteiger charge is 2.34. The Kier molecular flexibility index (Phi) is 7.02. The molecule has 1 aliphatic rings. The van der Waals surface area contributed by atoms with Gasteiger partial charge in [0, 0.05) is 62.9 Å². The molecular formula is C23H26ClF2N7O2S. The Balaban J connectivity index is 1.81. The van der Waals surface area contributed by atoms with Gasteiger partial charge in [-0.1, -0.05) is 11.6 Å². The van der Waals surface area contributed by atoms with E-state index in [-0.39, 0.29) is 52.9 Å². The van der Waals surface area contributed by atoms with Crippen molar-refractivity contribution in [3.8, 4) is 11.3 Å². The lowest BCUT2D eigenvalue weighted by molar-refractivity contribution is -0.0102.